The van der Waals surface area contributed by atoms with Crippen LogP contribution in [0.15, 0.2) is 36.5 Å². The Morgan fingerprint density at radius 1 is 0.952 bits per heavy atom. The zero-order valence-electron chi connectivity index (χ0n) is 10.4. The van der Waals surface area contributed by atoms with Crippen molar-refractivity contribution in [2.75, 3.05) is 0 Å². The highest BCUT2D eigenvalue weighted by atomic mass is 35.5. The lowest BCUT2D eigenvalue weighted by Crippen LogP contribution is -2.02. The second-order valence-electron chi connectivity index (χ2n) is 4.44. The summed E-state index contributed by atoms with van der Waals surface area (Å²) in [6.07, 6.45) is 1.58. The molecule has 0 unspecified atom stereocenters. The maximum absolute atomic E-state index is 12.7. The monoisotopic (exact) mass is 357 g/mol. The van der Waals surface area contributed by atoms with Gasteiger partial charge in [-0.05, 0) is 24.3 Å². The molecule has 0 spiro atoms. The number of benzene rings is 2. The van der Waals surface area contributed by atoms with Crippen molar-refractivity contribution in [2.24, 2.45) is 0 Å². The largest absolute Gasteiger partial charge is 0.360 e. The molecule has 3 aromatic rings. The Hall–Kier alpha value is -1.19. The van der Waals surface area contributed by atoms with Crippen molar-refractivity contribution in [2.45, 2.75) is 0 Å². The lowest BCUT2D eigenvalue weighted by atomic mass is 10.0. The molecule has 21 heavy (non-hydrogen) atoms. The van der Waals surface area contributed by atoms with E-state index in [0.717, 1.165) is 0 Å². The van der Waals surface area contributed by atoms with Gasteiger partial charge in [-0.3, -0.25) is 4.79 Å². The van der Waals surface area contributed by atoms with Gasteiger partial charge in [0.25, 0.3) is 0 Å². The van der Waals surface area contributed by atoms with Gasteiger partial charge in [0.15, 0.2) is 5.78 Å². The summed E-state index contributed by atoms with van der Waals surface area (Å²) in [4.78, 5) is 15.7. The number of carbonyl (C=O) groups excluding carboxylic acids is 1. The van der Waals surface area contributed by atoms with Crippen LogP contribution in [-0.4, -0.2) is 10.8 Å². The molecule has 0 saturated carbocycles. The Labute approximate surface area is 140 Å². The molecule has 0 aliphatic rings. The van der Waals surface area contributed by atoms with Gasteiger partial charge < -0.3 is 4.98 Å². The summed E-state index contributed by atoms with van der Waals surface area (Å²) in [6.45, 7) is 0. The van der Waals surface area contributed by atoms with Gasteiger partial charge in [0.05, 0.1) is 20.6 Å². The summed E-state index contributed by atoms with van der Waals surface area (Å²) in [5.41, 5.74) is 1.34. The lowest BCUT2D eigenvalue weighted by molar-refractivity contribution is 0.104. The molecular weight excluding hydrogens is 352 g/mol. The van der Waals surface area contributed by atoms with E-state index in [1.165, 1.54) is 0 Å². The van der Waals surface area contributed by atoms with Gasteiger partial charge in [0.2, 0.25) is 0 Å². The van der Waals surface area contributed by atoms with Crippen LogP contribution in [0.2, 0.25) is 20.1 Å². The van der Waals surface area contributed by atoms with E-state index in [4.69, 9.17) is 46.4 Å². The fourth-order valence-corrected chi connectivity index (χ4v) is 3.38. The Balaban J connectivity index is 2.24. The molecule has 0 saturated heterocycles. The molecule has 3 rings (SSSR count). The quantitative estimate of drug-likeness (QED) is 0.559. The highest BCUT2D eigenvalue weighted by molar-refractivity contribution is 6.43. The molecule has 0 atom stereocenters. The van der Waals surface area contributed by atoms with E-state index in [0.29, 0.717) is 36.6 Å². The predicted molar refractivity (Wildman–Crippen MR) is 88.2 cm³/mol. The highest BCUT2D eigenvalue weighted by Crippen LogP contribution is 2.34. The van der Waals surface area contributed by atoms with Crippen molar-refractivity contribution in [1.82, 2.24) is 4.98 Å². The van der Waals surface area contributed by atoms with E-state index in [2.05, 4.69) is 4.98 Å². The number of halogens is 4. The molecule has 0 fully saturated rings. The maximum Gasteiger partial charge on any atom is 0.198 e. The number of fused-ring (bicyclic) bond motifs is 1. The Kier molecular flexibility index (Phi) is 3.89. The minimum atomic E-state index is -0.291. The second kappa shape index (κ2) is 5.54. The predicted octanol–water partition coefficient (Wildman–Crippen LogP) is 6.01. The van der Waals surface area contributed by atoms with Crippen LogP contribution in [0.4, 0.5) is 0 Å². The summed E-state index contributed by atoms with van der Waals surface area (Å²) in [5.74, 6) is -0.291. The number of hydrogen-bond acceptors (Lipinski definition) is 1. The molecular formula is C15H7Cl4NO. The van der Waals surface area contributed by atoms with Crippen molar-refractivity contribution in [3.63, 3.8) is 0 Å². The molecule has 0 aliphatic heterocycles. The van der Waals surface area contributed by atoms with E-state index in [1.54, 1.807) is 36.5 Å². The van der Waals surface area contributed by atoms with Crippen LogP contribution in [0.3, 0.4) is 0 Å². The second-order valence-corrected chi connectivity index (χ2v) is 6.10. The number of nitrogens with one attached hydrogen (secondary N) is 1. The van der Waals surface area contributed by atoms with Gasteiger partial charge >= 0.3 is 0 Å². The number of aromatic amines is 1. The van der Waals surface area contributed by atoms with Gasteiger partial charge in [-0.1, -0.05) is 52.5 Å². The van der Waals surface area contributed by atoms with Gasteiger partial charge in [0.1, 0.15) is 0 Å². The number of carbonyl (C=O) groups is 1. The Morgan fingerprint density at radius 3 is 2.29 bits per heavy atom. The molecule has 1 heterocycles. The van der Waals surface area contributed by atoms with Crippen LogP contribution in [0.25, 0.3) is 10.9 Å². The SMILES string of the molecule is O=C(c1c(Cl)cccc1Cl)c1c[nH]c2cc(Cl)cc(Cl)c12. The maximum atomic E-state index is 12.7. The Morgan fingerprint density at radius 2 is 1.62 bits per heavy atom. The van der Waals surface area contributed by atoms with Crippen molar-refractivity contribution < 1.29 is 4.79 Å². The first-order valence-electron chi connectivity index (χ1n) is 5.94. The summed E-state index contributed by atoms with van der Waals surface area (Å²) in [5, 5.41) is 2.08. The summed E-state index contributed by atoms with van der Waals surface area (Å²) >= 11 is 24.3. The molecule has 2 nitrogen and oxygen atoms in total. The average Bonchev–Trinajstić information content (AvgIpc) is 2.82. The minimum Gasteiger partial charge on any atom is -0.360 e. The van der Waals surface area contributed by atoms with Gasteiger partial charge in [-0.25, -0.2) is 0 Å². The summed E-state index contributed by atoms with van der Waals surface area (Å²) < 4.78 is 0. The van der Waals surface area contributed by atoms with E-state index in [-0.39, 0.29) is 11.3 Å². The van der Waals surface area contributed by atoms with Gasteiger partial charge in [-0.2, -0.15) is 0 Å². The first-order valence-corrected chi connectivity index (χ1v) is 7.45. The zero-order chi connectivity index (χ0) is 15.1. The molecule has 1 N–H and O–H groups in total. The van der Waals surface area contributed by atoms with E-state index in [9.17, 15) is 4.79 Å². The van der Waals surface area contributed by atoms with Crippen molar-refractivity contribution in [3.8, 4) is 0 Å². The topological polar surface area (TPSA) is 32.9 Å². The van der Waals surface area contributed by atoms with Crippen LogP contribution < -0.4 is 0 Å². The third kappa shape index (κ3) is 2.53. The zero-order valence-corrected chi connectivity index (χ0v) is 13.4. The molecule has 0 aliphatic carbocycles. The highest BCUT2D eigenvalue weighted by Gasteiger charge is 2.21. The van der Waals surface area contributed by atoms with Crippen LogP contribution in [0.5, 0.6) is 0 Å². The number of hydrogen-bond donors (Lipinski definition) is 1. The van der Waals surface area contributed by atoms with Crippen molar-refractivity contribution in [1.29, 1.82) is 0 Å². The third-order valence-electron chi connectivity index (χ3n) is 3.13. The van der Waals surface area contributed by atoms with Crippen LogP contribution in [-0.2, 0) is 0 Å². The molecule has 1 aromatic heterocycles. The molecule has 0 bridgehead atoms. The summed E-state index contributed by atoms with van der Waals surface area (Å²) in [7, 11) is 0. The van der Waals surface area contributed by atoms with Crippen LogP contribution in [0, 0.1) is 0 Å². The number of aromatic nitrogens is 1. The number of rotatable bonds is 2. The molecule has 0 radical (unpaired) electrons. The fourth-order valence-electron chi connectivity index (χ4n) is 2.21. The molecule has 0 amide bonds. The third-order valence-corrected chi connectivity index (χ3v) is 4.28. The number of H-pyrrole nitrogens is 1. The van der Waals surface area contributed by atoms with Gasteiger partial charge in [-0.15, -0.1) is 0 Å². The molecule has 106 valence electrons. The first-order chi connectivity index (χ1) is 9.99. The summed E-state index contributed by atoms with van der Waals surface area (Å²) in [6, 6.07) is 8.21. The lowest BCUT2D eigenvalue weighted by Gasteiger charge is -2.06. The standard InChI is InChI=1S/C15H7Cl4NO/c16-7-4-11(19)13-8(6-20-12(13)5-7)15(21)14-9(17)2-1-3-10(14)18/h1-6,20H. The first kappa shape index (κ1) is 14.7. The normalized spacial score (nSPS) is 11.0. The van der Waals surface area contributed by atoms with Crippen LogP contribution in [0.1, 0.15) is 15.9 Å². The number of ketones is 1. The van der Waals surface area contributed by atoms with E-state index in [1.807, 2.05) is 0 Å². The van der Waals surface area contributed by atoms with Gasteiger partial charge in [0, 0.05) is 27.7 Å². The fraction of sp³-hybridized carbons (Fsp3) is 0. The molecule has 6 heteroatoms. The van der Waals surface area contributed by atoms with E-state index < -0.39 is 0 Å². The molecule has 2 aromatic carbocycles. The Bertz CT molecular complexity index is 849. The van der Waals surface area contributed by atoms with Crippen molar-refractivity contribution >= 4 is 63.1 Å². The smallest absolute Gasteiger partial charge is 0.198 e. The minimum absolute atomic E-state index is 0.257. The van der Waals surface area contributed by atoms with Crippen molar-refractivity contribution in [3.05, 3.63) is 67.7 Å². The average molecular weight is 359 g/mol. The van der Waals surface area contributed by atoms with E-state index >= 15 is 0 Å². The van der Waals surface area contributed by atoms with Crippen LogP contribution >= 0.6 is 46.4 Å².